The Kier molecular flexibility index (Phi) is 4.96. The van der Waals surface area contributed by atoms with E-state index in [9.17, 15) is 4.79 Å². The highest BCUT2D eigenvalue weighted by Crippen LogP contribution is 2.16. The van der Waals surface area contributed by atoms with Crippen LogP contribution in [0.25, 0.3) is 0 Å². The summed E-state index contributed by atoms with van der Waals surface area (Å²) < 4.78 is 0. The number of carboxylic acids is 1. The number of nitrogens with two attached hydrogens (primary N) is 1. The van der Waals surface area contributed by atoms with Gasteiger partial charge >= 0.3 is 5.97 Å². The summed E-state index contributed by atoms with van der Waals surface area (Å²) in [4.78, 5) is 15.1. The average Bonchev–Trinajstić information content (AvgIpc) is 2.70. The van der Waals surface area contributed by atoms with Gasteiger partial charge in [-0.05, 0) is 19.8 Å². The van der Waals surface area contributed by atoms with E-state index in [4.69, 9.17) is 15.9 Å². The first kappa shape index (κ1) is 13.5. The van der Waals surface area contributed by atoms with Crippen molar-refractivity contribution in [2.45, 2.75) is 25.8 Å². The van der Waals surface area contributed by atoms with Crippen molar-refractivity contribution in [1.29, 1.82) is 0 Å². The fourth-order valence-corrected chi connectivity index (χ4v) is 1.78. The quantitative estimate of drug-likeness (QED) is 0.477. The molecule has 0 spiro atoms. The van der Waals surface area contributed by atoms with Crippen LogP contribution in [0.4, 0.5) is 0 Å². The summed E-state index contributed by atoms with van der Waals surface area (Å²) in [5.74, 6) is -1.05. The number of hydrogen-bond acceptors (Lipinski definition) is 5. The average molecular weight is 241 g/mol. The van der Waals surface area contributed by atoms with Crippen LogP contribution in [0.5, 0.6) is 0 Å². The molecule has 6 nitrogen and oxygen atoms in total. The summed E-state index contributed by atoms with van der Waals surface area (Å²) in [5.41, 5.74) is 6.31. The molecule has 2 atom stereocenters. The number of rotatable bonds is 6. The molecule has 0 amide bonds. The molecule has 0 bridgehead atoms. The normalized spacial score (nSPS) is 21.9. The van der Waals surface area contributed by atoms with E-state index in [1.165, 1.54) is 0 Å². The Labute approximate surface area is 100 Å². The van der Waals surface area contributed by atoms with Crippen LogP contribution in [-0.4, -0.2) is 41.3 Å². The van der Waals surface area contributed by atoms with Gasteiger partial charge in [0.15, 0.2) is 5.96 Å². The highest BCUT2D eigenvalue weighted by atomic mass is 16.4. The Balaban J connectivity index is 2.48. The third-order valence-electron chi connectivity index (χ3n) is 2.81. The van der Waals surface area contributed by atoms with Gasteiger partial charge in [0.25, 0.3) is 0 Å². The zero-order chi connectivity index (χ0) is 12.8. The zero-order valence-corrected chi connectivity index (χ0v) is 9.89. The van der Waals surface area contributed by atoms with Crippen LogP contribution < -0.4 is 11.1 Å². The first-order valence-corrected chi connectivity index (χ1v) is 5.60. The number of nitrogens with one attached hydrogen (secondary N) is 1. The Morgan fingerprint density at radius 3 is 2.94 bits per heavy atom. The predicted octanol–water partition coefficient (Wildman–Crippen LogP) is -0.307. The van der Waals surface area contributed by atoms with Crippen molar-refractivity contribution < 1.29 is 15.0 Å². The van der Waals surface area contributed by atoms with Crippen LogP contribution in [0.15, 0.2) is 16.6 Å². The lowest BCUT2D eigenvalue weighted by Crippen LogP contribution is -2.42. The molecular weight excluding hydrogens is 222 g/mol. The van der Waals surface area contributed by atoms with E-state index in [2.05, 4.69) is 10.3 Å². The van der Waals surface area contributed by atoms with Gasteiger partial charge in [-0.15, -0.1) is 0 Å². The van der Waals surface area contributed by atoms with Gasteiger partial charge in [0, 0.05) is 0 Å². The third kappa shape index (κ3) is 4.07. The number of aliphatic hydroxyl groups excluding tert-OH is 1. The van der Waals surface area contributed by atoms with Crippen LogP contribution in [0.1, 0.15) is 19.8 Å². The van der Waals surface area contributed by atoms with E-state index in [-0.39, 0.29) is 12.6 Å². The first-order valence-electron chi connectivity index (χ1n) is 5.60. The van der Waals surface area contributed by atoms with Crippen molar-refractivity contribution in [1.82, 2.24) is 5.32 Å². The molecule has 1 rings (SSSR count). The zero-order valence-electron chi connectivity index (χ0n) is 9.89. The van der Waals surface area contributed by atoms with Gasteiger partial charge in [-0.1, -0.05) is 11.6 Å². The molecule has 0 aliphatic carbocycles. The van der Waals surface area contributed by atoms with Crippen LogP contribution >= 0.6 is 0 Å². The number of aliphatic carboxylic acids is 1. The van der Waals surface area contributed by atoms with Crippen LogP contribution in [0.3, 0.4) is 0 Å². The Morgan fingerprint density at radius 2 is 2.47 bits per heavy atom. The molecular formula is C11H19N3O3. The number of nitrogens with zero attached hydrogens (tertiary/aromatic N) is 1. The molecule has 0 radical (unpaired) electrons. The van der Waals surface area contributed by atoms with E-state index in [0.29, 0.717) is 25.3 Å². The number of guanidine groups is 1. The lowest BCUT2D eigenvalue weighted by molar-refractivity contribution is -0.142. The number of carbonyl (C=O) groups is 1. The SMILES string of the molecule is CC(=CCCC(C(=O)O)C1CN=C(N)N1)CO. The van der Waals surface area contributed by atoms with E-state index in [1.54, 1.807) is 0 Å². The van der Waals surface area contributed by atoms with Gasteiger partial charge in [0.1, 0.15) is 0 Å². The maximum absolute atomic E-state index is 11.1. The molecule has 0 aromatic heterocycles. The third-order valence-corrected chi connectivity index (χ3v) is 2.81. The summed E-state index contributed by atoms with van der Waals surface area (Å²) in [5, 5.41) is 20.8. The smallest absolute Gasteiger partial charge is 0.308 e. The maximum atomic E-state index is 11.1. The fourth-order valence-electron chi connectivity index (χ4n) is 1.78. The lowest BCUT2D eigenvalue weighted by Gasteiger charge is -2.18. The molecule has 0 saturated heterocycles. The minimum absolute atomic E-state index is 0.00940. The standard InChI is InChI=1S/C11H19N3O3/c1-7(6-15)3-2-4-8(10(16)17)9-5-13-11(12)14-9/h3,8-9,15H,2,4-6H2,1H3,(H,16,17)(H3,12,13,14). The van der Waals surface area contributed by atoms with Crippen molar-refractivity contribution in [3.05, 3.63) is 11.6 Å². The second-order valence-electron chi connectivity index (χ2n) is 4.21. The molecule has 0 fully saturated rings. The molecule has 2 unspecified atom stereocenters. The van der Waals surface area contributed by atoms with Crippen molar-refractivity contribution in [2.75, 3.05) is 13.2 Å². The van der Waals surface area contributed by atoms with Gasteiger partial charge in [-0.25, -0.2) is 0 Å². The van der Waals surface area contributed by atoms with Crippen molar-refractivity contribution in [3.63, 3.8) is 0 Å². The van der Waals surface area contributed by atoms with Gasteiger partial charge in [0.05, 0.1) is 25.1 Å². The van der Waals surface area contributed by atoms with Crippen molar-refractivity contribution >= 4 is 11.9 Å². The topological polar surface area (TPSA) is 108 Å². The number of carboxylic acid groups (broad SMARTS) is 1. The Hall–Kier alpha value is -1.56. The monoisotopic (exact) mass is 241 g/mol. The number of aliphatic imine (C=N–C) groups is 1. The van der Waals surface area contributed by atoms with Crippen LogP contribution in [0, 0.1) is 5.92 Å². The van der Waals surface area contributed by atoms with Gasteiger partial charge in [-0.2, -0.15) is 0 Å². The van der Waals surface area contributed by atoms with Gasteiger partial charge < -0.3 is 21.3 Å². The number of hydrogen-bond donors (Lipinski definition) is 4. The minimum Gasteiger partial charge on any atom is -0.481 e. The van der Waals surface area contributed by atoms with Crippen molar-refractivity contribution in [2.24, 2.45) is 16.6 Å². The highest BCUT2D eigenvalue weighted by molar-refractivity contribution is 5.81. The molecule has 0 saturated carbocycles. The molecule has 17 heavy (non-hydrogen) atoms. The van der Waals surface area contributed by atoms with Crippen LogP contribution in [-0.2, 0) is 4.79 Å². The number of allylic oxidation sites excluding steroid dienone is 1. The molecule has 5 N–H and O–H groups in total. The second kappa shape index (κ2) is 6.24. The summed E-state index contributed by atoms with van der Waals surface area (Å²) in [7, 11) is 0. The first-order chi connectivity index (χ1) is 8.04. The van der Waals surface area contributed by atoms with E-state index >= 15 is 0 Å². The molecule has 0 aromatic rings. The highest BCUT2D eigenvalue weighted by Gasteiger charge is 2.30. The predicted molar refractivity (Wildman–Crippen MR) is 64.6 cm³/mol. The summed E-state index contributed by atoms with van der Waals surface area (Å²) in [6.07, 6.45) is 2.99. The Bertz CT molecular complexity index is 339. The second-order valence-corrected chi connectivity index (χ2v) is 4.21. The van der Waals surface area contributed by atoms with Gasteiger partial charge in [0.2, 0.25) is 0 Å². The molecule has 6 heteroatoms. The summed E-state index contributed by atoms with van der Waals surface area (Å²) in [6, 6.07) is -0.227. The minimum atomic E-state index is -0.845. The van der Waals surface area contributed by atoms with E-state index < -0.39 is 11.9 Å². The lowest BCUT2D eigenvalue weighted by atomic mass is 9.94. The Morgan fingerprint density at radius 1 is 1.76 bits per heavy atom. The summed E-state index contributed by atoms with van der Waals surface area (Å²) in [6.45, 7) is 2.23. The number of aliphatic hydroxyl groups is 1. The van der Waals surface area contributed by atoms with Crippen molar-refractivity contribution in [3.8, 4) is 0 Å². The molecule has 0 aromatic carbocycles. The fraction of sp³-hybridized carbons (Fsp3) is 0.636. The molecule has 1 aliphatic heterocycles. The summed E-state index contributed by atoms with van der Waals surface area (Å²) >= 11 is 0. The molecule has 96 valence electrons. The van der Waals surface area contributed by atoms with E-state index in [1.807, 2.05) is 13.0 Å². The van der Waals surface area contributed by atoms with Gasteiger partial charge in [-0.3, -0.25) is 9.79 Å². The van der Waals surface area contributed by atoms with Crippen LogP contribution in [0.2, 0.25) is 0 Å². The largest absolute Gasteiger partial charge is 0.481 e. The molecule has 1 aliphatic rings. The van der Waals surface area contributed by atoms with E-state index in [0.717, 1.165) is 5.57 Å². The molecule has 1 heterocycles. The maximum Gasteiger partial charge on any atom is 0.308 e.